The molecule has 0 spiro atoms. The Hall–Kier alpha value is -0.650. The molecule has 17 heavy (non-hydrogen) atoms. The molecule has 1 saturated carbocycles. The Morgan fingerprint density at radius 3 is 2.65 bits per heavy atom. The Kier molecular flexibility index (Phi) is 4.36. The molecule has 0 radical (unpaired) electrons. The number of amides is 1. The molecule has 0 aromatic carbocycles. The molecule has 0 aromatic rings. The quantitative estimate of drug-likeness (QED) is 0.720. The van der Waals surface area contributed by atoms with E-state index in [-0.39, 0.29) is 17.9 Å². The van der Waals surface area contributed by atoms with E-state index < -0.39 is 0 Å². The SMILES string of the molecule is CC1CC(N)CC(C(=O)NN2CCOCC2)C1. The molecule has 0 aromatic heterocycles. The molecule has 1 aliphatic heterocycles. The van der Waals surface area contributed by atoms with Crippen LogP contribution in [-0.2, 0) is 9.53 Å². The van der Waals surface area contributed by atoms with Crippen molar-refractivity contribution < 1.29 is 9.53 Å². The van der Waals surface area contributed by atoms with Crippen LogP contribution in [0, 0.1) is 11.8 Å². The predicted molar refractivity (Wildman–Crippen MR) is 65.0 cm³/mol. The molecule has 0 bridgehead atoms. The van der Waals surface area contributed by atoms with Crippen molar-refractivity contribution in [2.24, 2.45) is 17.6 Å². The average molecular weight is 241 g/mol. The van der Waals surface area contributed by atoms with Crippen molar-refractivity contribution >= 4 is 5.91 Å². The maximum Gasteiger partial charge on any atom is 0.237 e. The summed E-state index contributed by atoms with van der Waals surface area (Å²) < 4.78 is 5.25. The lowest BCUT2D eigenvalue weighted by Crippen LogP contribution is -2.51. The van der Waals surface area contributed by atoms with E-state index in [4.69, 9.17) is 10.5 Å². The van der Waals surface area contributed by atoms with Gasteiger partial charge in [0, 0.05) is 25.0 Å². The molecule has 98 valence electrons. The van der Waals surface area contributed by atoms with Gasteiger partial charge in [0.1, 0.15) is 0 Å². The Morgan fingerprint density at radius 2 is 2.00 bits per heavy atom. The molecule has 1 heterocycles. The van der Waals surface area contributed by atoms with Crippen LogP contribution >= 0.6 is 0 Å². The number of hydrogen-bond donors (Lipinski definition) is 2. The molecule has 3 unspecified atom stereocenters. The number of hydrazine groups is 1. The highest BCUT2D eigenvalue weighted by Gasteiger charge is 2.30. The highest BCUT2D eigenvalue weighted by Crippen LogP contribution is 2.28. The topological polar surface area (TPSA) is 67.6 Å². The number of carbonyl (C=O) groups is 1. The molecule has 1 amide bonds. The lowest BCUT2D eigenvalue weighted by atomic mass is 9.79. The molecule has 2 rings (SSSR count). The van der Waals surface area contributed by atoms with E-state index >= 15 is 0 Å². The number of rotatable bonds is 2. The third kappa shape index (κ3) is 3.66. The highest BCUT2D eigenvalue weighted by atomic mass is 16.5. The van der Waals surface area contributed by atoms with Crippen LogP contribution in [0.2, 0.25) is 0 Å². The number of ether oxygens (including phenoxy) is 1. The Balaban J connectivity index is 1.81. The summed E-state index contributed by atoms with van der Waals surface area (Å²) in [5, 5.41) is 1.95. The van der Waals surface area contributed by atoms with E-state index in [1.807, 2.05) is 5.01 Å². The summed E-state index contributed by atoms with van der Waals surface area (Å²) in [5.41, 5.74) is 8.96. The van der Waals surface area contributed by atoms with Gasteiger partial charge in [0.2, 0.25) is 5.91 Å². The fourth-order valence-corrected chi connectivity index (χ4v) is 2.79. The minimum absolute atomic E-state index is 0.0802. The van der Waals surface area contributed by atoms with Gasteiger partial charge in [-0.2, -0.15) is 0 Å². The summed E-state index contributed by atoms with van der Waals surface area (Å²) in [4.78, 5) is 12.1. The smallest absolute Gasteiger partial charge is 0.237 e. The van der Waals surface area contributed by atoms with E-state index in [1.165, 1.54) is 0 Å². The highest BCUT2D eigenvalue weighted by molar-refractivity contribution is 5.78. The molecule has 5 heteroatoms. The molecule has 3 atom stereocenters. The first-order chi connectivity index (χ1) is 8.15. The van der Waals surface area contributed by atoms with Gasteiger partial charge in [-0.1, -0.05) is 6.92 Å². The molecule has 5 nitrogen and oxygen atoms in total. The average Bonchev–Trinajstić information content (AvgIpc) is 2.29. The number of carbonyl (C=O) groups excluding carboxylic acids is 1. The summed E-state index contributed by atoms with van der Waals surface area (Å²) in [7, 11) is 0. The van der Waals surface area contributed by atoms with Crippen LogP contribution in [0.15, 0.2) is 0 Å². The minimum Gasteiger partial charge on any atom is -0.379 e. The van der Waals surface area contributed by atoms with E-state index in [0.717, 1.165) is 32.4 Å². The molecule has 2 aliphatic rings. The molecular weight excluding hydrogens is 218 g/mol. The Labute approximate surface area is 103 Å². The largest absolute Gasteiger partial charge is 0.379 e. The van der Waals surface area contributed by atoms with E-state index in [2.05, 4.69) is 12.3 Å². The standard InChI is InChI=1S/C12H23N3O2/c1-9-6-10(8-11(13)7-9)12(16)14-15-2-4-17-5-3-15/h9-11H,2-8,13H2,1H3,(H,14,16). The van der Waals surface area contributed by atoms with Gasteiger partial charge in [0.05, 0.1) is 13.2 Å². The van der Waals surface area contributed by atoms with Crippen molar-refractivity contribution in [1.82, 2.24) is 10.4 Å². The van der Waals surface area contributed by atoms with Crippen LogP contribution < -0.4 is 11.2 Å². The fraction of sp³-hybridized carbons (Fsp3) is 0.917. The van der Waals surface area contributed by atoms with Crippen molar-refractivity contribution in [2.45, 2.75) is 32.2 Å². The van der Waals surface area contributed by atoms with Gasteiger partial charge in [-0.05, 0) is 25.2 Å². The summed E-state index contributed by atoms with van der Waals surface area (Å²) >= 11 is 0. The predicted octanol–water partition coefficient (Wildman–Crippen LogP) is 0.113. The van der Waals surface area contributed by atoms with Crippen molar-refractivity contribution in [3.63, 3.8) is 0 Å². The van der Waals surface area contributed by atoms with Gasteiger partial charge in [-0.25, -0.2) is 5.01 Å². The lowest BCUT2D eigenvalue weighted by Gasteiger charge is -2.33. The zero-order chi connectivity index (χ0) is 12.3. The Bertz CT molecular complexity index is 256. The number of morpholine rings is 1. The Morgan fingerprint density at radius 1 is 1.29 bits per heavy atom. The number of nitrogens with zero attached hydrogens (tertiary/aromatic N) is 1. The second kappa shape index (κ2) is 5.80. The summed E-state index contributed by atoms with van der Waals surface area (Å²) in [6, 6.07) is 0.180. The zero-order valence-electron chi connectivity index (χ0n) is 10.5. The number of nitrogens with two attached hydrogens (primary N) is 1. The molecule has 3 N–H and O–H groups in total. The maximum absolute atomic E-state index is 12.1. The van der Waals surface area contributed by atoms with Crippen LogP contribution in [0.3, 0.4) is 0 Å². The van der Waals surface area contributed by atoms with Crippen LogP contribution in [0.25, 0.3) is 0 Å². The molecular formula is C12H23N3O2. The van der Waals surface area contributed by atoms with Crippen molar-refractivity contribution in [2.75, 3.05) is 26.3 Å². The second-order valence-corrected chi connectivity index (χ2v) is 5.34. The first-order valence-electron chi connectivity index (χ1n) is 6.54. The van der Waals surface area contributed by atoms with Crippen LogP contribution in [0.5, 0.6) is 0 Å². The molecule has 1 saturated heterocycles. The van der Waals surface area contributed by atoms with Crippen molar-refractivity contribution in [1.29, 1.82) is 0 Å². The number of hydrogen-bond acceptors (Lipinski definition) is 4. The lowest BCUT2D eigenvalue weighted by molar-refractivity contribution is -0.133. The first-order valence-corrected chi connectivity index (χ1v) is 6.54. The fourth-order valence-electron chi connectivity index (χ4n) is 2.79. The van der Waals surface area contributed by atoms with Crippen LogP contribution in [0.1, 0.15) is 26.2 Å². The van der Waals surface area contributed by atoms with Gasteiger partial charge in [0.15, 0.2) is 0 Å². The summed E-state index contributed by atoms with van der Waals surface area (Å²) in [6.07, 6.45) is 2.83. The van der Waals surface area contributed by atoms with Crippen molar-refractivity contribution in [3.8, 4) is 0 Å². The minimum atomic E-state index is 0.0802. The van der Waals surface area contributed by atoms with Gasteiger partial charge in [0.25, 0.3) is 0 Å². The van der Waals surface area contributed by atoms with E-state index in [9.17, 15) is 4.79 Å². The van der Waals surface area contributed by atoms with Crippen LogP contribution in [-0.4, -0.2) is 43.3 Å². The summed E-state index contributed by atoms with van der Waals surface area (Å²) in [5.74, 6) is 0.768. The van der Waals surface area contributed by atoms with Gasteiger partial charge in [-0.3, -0.25) is 10.2 Å². The normalized spacial score (nSPS) is 35.5. The summed E-state index contributed by atoms with van der Waals surface area (Å²) in [6.45, 7) is 5.12. The van der Waals surface area contributed by atoms with Crippen LogP contribution in [0.4, 0.5) is 0 Å². The molecule has 2 fully saturated rings. The van der Waals surface area contributed by atoms with Crippen molar-refractivity contribution in [3.05, 3.63) is 0 Å². The first kappa shape index (κ1) is 12.8. The third-order valence-electron chi connectivity index (χ3n) is 3.63. The third-order valence-corrected chi connectivity index (χ3v) is 3.63. The number of nitrogens with one attached hydrogen (secondary N) is 1. The van der Waals surface area contributed by atoms with Gasteiger partial charge < -0.3 is 10.5 Å². The molecule has 1 aliphatic carbocycles. The van der Waals surface area contributed by atoms with E-state index in [0.29, 0.717) is 19.1 Å². The zero-order valence-corrected chi connectivity index (χ0v) is 10.5. The van der Waals surface area contributed by atoms with Gasteiger partial charge >= 0.3 is 0 Å². The van der Waals surface area contributed by atoms with E-state index in [1.54, 1.807) is 0 Å². The van der Waals surface area contributed by atoms with Gasteiger partial charge in [-0.15, -0.1) is 0 Å². The monoisotopic (exact) mass is 241 g/mol. The second-order valence-electron chi connectivity index (χ2n) is 5.34. The maximum atomic E-state index is 12.1.